The molecule has 0 saturated heterocycles. The number of hydrogen-bond acceptors (Lipinski definition) is 6. The smallest absolute Gasteiger partial charge is 0.225 e. The largest absolute Gasteiger partial charge is 0.469 e. The van der Waals surface area contributed by atoms with Gasteiger partial charge in [0.2, 0.25) is 11.8 Å². The Bertz CT molecular complexity index is 563. The molecule has 1 aliphatic heterocycles. The Hall–Kier alpha value is -2.37. The highest BCUT2D eigenvalue weighted by molar-refractivity contribution is 5.75. The molecule has 0 fully saturated rings. The molecule has 0 amide bonds. The van der Waals surface area contributed by atoms with Gasteiger partial charge in [-0.2, -0.15) is 9.97 Å². The first-order valence-electron chi connectivity index (χ1n) is 5.17. The first-order valence-corrected chi connectivity index (χ1v) is 5.17. The van der Waals surface area contributed by atoms with E-state index in [0.29, 0.717) is 24.7 Å². The van der Waals surface area contributed by atoms with Crippen LogP contribution in [-0.4, -0.2) is 16.2 Å². The number of fused-ring (bicyclic) bond motifs is 1. The fraction of sp³-hybridized carbons (Fsp3) is 0.182. The number of anilines is 1. The molecule has 2 aromatic rings. The number of nitrogens with two attached hydrogens (primary N) is 1. The second kappa shape index (κ2) is 3.89. The molecular formula is C11H10N4O2. The van der Waals surface area contributed by atoms with Crippen LogP contribution in [0.5, 0.6) is 5.88 Å². The van der Waals surface area contributed by atoms with Crippen LogP contribution in [-0.2, 0) is 13.0 Å². The average Bonchev–Trinajstić information content (AvgIpc) is 2.95. The first kappa shape index (κ1) is 9.83. The maximum absolute atomic E-state index is 5.58. The normalized spacial score (nSPS) is 12.7. The molecule has 1 aliphatic rings. The maximum Gasteiger partial charge on any atom is 0.225 e. The van der Waals surface area contributed by atoms with Crippen molar-refractivity contribution < 1.29 is 9.15 Å². The van der Waals surface area contributed by atoms with Crippen LogP contribution in [0.4, 0.5) is 11.8 Å². The summed E-state index contributed by atoms with van der Waals surface area (Å²) in [6.07, 6.45) is 4.03. The van der Waals surface area contributed by atoms with E-state index in [1.165, 1.54) is 0 Å². The van der Waals surface area contributed by atoms with Crippen molar-refractivity contribution in [3.05, 3.63) is 29.7 Å². The number of ether oxygens (including phenoxy) is 1. The van der Waals surface area contributed by atoms with Crippen molar-refractivity contribution in [2.24, 2.45) is 4.99 Å². The lowest BCUT2D eigenvalue weighted by Gasteiger charge is -2.07. The molecule has 0 spiro atoms. The first-order chi connectivity index (χ1) is 8.33. The van der Waals surface area contributed by atoms with Gasteiger partial charge in [-0.15, -0.1) is 0 Å². The Morgan fingerprint density at radius 2 is 2.35 bits per heavy atom. The number of nitrogens with zero attached hydrogens (tertiary/aromatic N) is 3. The minimum absolute atomic E-state index is 0.164. The number of rotatable bonds is 3. The summed E-state index contributed by atoms with van der Waals surface area (Å²) in [7, 11) is 0. The molecule has 0 aliphatic carbocycles. The summed E-state index contributed by atoms with van der Waals surface area (Å²) in [5.74, 6) is 1.96. The summed E-state index contributed by atoms with van der Waals surface area (Å²) >= 11 is 0. The molecule has 0 atom stereocenters. The fourth-order valence-electron chi connectivity index (χ4n) is 1.63. The number of furan rings is 1. The lowest BCUT2D eigenvalue weighted by atomic mass is 10.2. The molecule has 2 N–H and O–H groups in total. The zero-order chi connectivity index (χ0) is 11.7. The van der Waals surface area contributed by atoms with Crippen LogP contribution in [0.15, 0.2) is 27.8 Å². The van der Waals surface area contributed by atoms with Crippen LogP contribution in [0.1, 0.15) is 11.3 Å². The molecule has 0 saturated carbocycles. The number of aromatic nitrogens is 2. The second-order valence-electron chi connectivity index (χ2n) is 3.57. The van der Waals surface area contributed by atoms with Crippen LogP contribution in [0.3, 0.4) is 0 Å². The van der Waals surface area contributed by atoms with Crippen molar-refractivity contribution in [1.82, 2.24) is 9.97 Å². The highest BCUT2D eigenvalue weighted by Gasteiger charge is 2.17. The van der Waals surface area contributed by atoms with E-state index in [4.69, 9.17) is 14.9 Å². The second-order valence-corrected chi connectivity index (χ2v) is 3.57. The third kappa shape index (κ3) is 1.84. The van der Waals surface area contributed by atoms with Gasteiger partial charge in [-0.3, -0.25) is 0 Å². The molecular weight excluding hydrogens is 220 g/mol. The third-order valence-electron chi connectivity index (χ3n) is 2.40. The van der Waals surface area contributed by atoms with Crippen LogP contribution in [0.2, 0.25) is 0 Å². The Balaban J connectivity index is 1.84. The van der Waals surface area contributed by atoms with E-state index in [1.54, 1.807) is 18.5 Å². The van der Waals surface area contributed by atoms with Crippen molar-refractivity contribution in [2.75, 3.05) is 5.73 Å². The SMILES string of the molecule is Nc1nc2c(c(OCc3ccco3)n1)CC=N2. The van der Waals surface area contributed by atoms with Gasteiger partial charge < -0.3 is 14.9 Å². The topological polar surface area (TPSA) is 86.5 Å². The van der Waals surface area contributed by atoms with Crippen molar-refractivity contribution in [2.45, 2.75) is 13.0 Å². The average molecular weight is 230 g/mol. The molecule has 0 bridgehead atoms. The molecule has 6 nitrogen and oxygen atoms in total. The summed E-state index contributed by atoms with van der Waals surface area (Å²) in [6.45, 7) is 0.315. The van der Waals surface area contributed by atoms with Crippen LogP contribution in [0.25, 0.3) is 0 Å². The Kier molecular flexibility index (Phi) is 2.25. The van der Waals surface area contributed by atoms with Crippen molar-refractivity contribution in [3.8, 4) is 5.88 Å². The molecule has 0 radical (unpaired) electrons. The molecule has 0 aromatic carbocycles. The quantitative estimate of drug-likeness (QED) is 0.863. The predicted molar refractivity (Wildman–Crippen MR) is 61.3 cm³/mol. The Morgan fingerprint density at radius 1 is 1.41 bits per heavy atom. The van der Waals surface area contributed by atoms with Crippen molar-refractivity contribution in [1.29, 1.82) is 0 Å². The van der Waals surface area contributed by atoms with E-state index < -0.39 is 0 Å². The summed E-state index contributed by atoms with van der Waals surface area (Å²) < 4.78 is 10.7. The van der Waals surface area contributed by atoms with E-state index >= 15 is 0 Å². The lowest BCUT2D eigenvalue weighted by Crippen LogP contribution is -2.03. The monoisotopic (exact) mass is 230 g/mol. The van der Waals surface area contributed by atoms with Gasteiger partial charge in [0, 0.05) is 12.6 Å². The van der Waals surface area contributed by atoms with Crippen LogP contribution >= 0.6 is 0 Å². The Labute approximate surface area is 97.2 Å². The standard InChI is InChI=1S/C11H10N4O2/c12-11-14-9-8(3-4-13-9)10(15-11)17-6-7-2-1-5-16-7/h1-2,4-5H,3,6H2,(H2,12,14,15). The van der Waals surface area contributed by atoms with E-state index in [0.717, 1.165) is 11.3 Å². The van der Waals surface area contributed by atoms with E-state index in [9.17, 15) is 0 Å². The van der Waals surface area contributed by atoms with Crippen LogP contribution < -0.4 is 10.5 Å². The van der Waals surface area contributed by atoms with Gasteiger partial charge in [-0.05, 0) is 12.1 Å². The van der Waals surface area contributed by atoms with Crippen molar-refractivity contribution in [3.63, 3.8) is 0 Å². The molecule has 0 unspecified atom stereocenters. The number of hydrogen-bond donors (Lipinski definition) is 1. The number of nitrogen functional groups attached to an aromatic ring is 1. The third-order valence-corrected chi connectivity index (χ3v) is 2.40. The molecule has 2 aromatic heterocycles. The minimum Gasteiger partial charge on any atom is -0.469 e. The highest BCUT2D eigenvalue weighted by atomic mass is 16.5. The zero-order valence-corrected chi connectivity index (χ0v) is 8.96. The van der Waals surface area contributed by atoms with Crippen LogP contribution in [0, 0.1) is 0 Å². The van der Waals surface area contributed by atoms with E-state index in [2.05, 4.69) is 15.0 Å². The molecule has 6 heteroatoms. The van der Waals surface area contributed by atoms with Gasteiger partial charge in [0.05, 0.1) is 11.8 Å². The molecule has 3 rings (SSSR count). The molecule has 17 heavy (non-hydrogen) atoms. The van der Waals surface area contributed by atoms with Gasteiger partial charge >= 0.3 is 0 Å². The van der Waals surface area contributed by atoms with Crippen molar-refractivity contribution >= 4 is 18.0 Å². The van der Waals surface area contributed by atoms with E-state index in [-0.39, 0.29) is 5.95 Å². The van der Waals surface area contributed by atoms with Gasteiger partial charge in [0.15, 0.2) is 5.82 Å². The highest BCUT2D eigenvalue weighted by Crippen LogP contribution is 2.30. The number of aliphatic imine (C=N–C) groups is 1. The summed E-state index contributed by atoms with van der Waals surface area (Å²) in [6, 6.07) is 3.64. The molecule has 86 valence electrons. The van der Waals surface area contributed by atoms with Gasteiger partial charge in [0.1, 0.15) is 12.4 Å². The van der Waals surface area contributed by atoms with Gasteiger partial charge in [-0.1, -0.05) is 0 Å². The van der Waals surface area contributed by atoms with Gasteiger partial charge in [-0.25, -0.2) is 4.99 Å². The minimum atomic E-state index is 0.164. The molecule has 3 heterocycles. The van der Waals surface area contributed by atoms with Gasteiger partial charge in [0.25, 0.3) is 0 Å². The summed E-state index contributed by atoms with van der Waals surface area (Å²) in [5, 5.41) is 0. The fourth-order valence-corrected chi connectivity index (χ4v) is 1.63. The van der Waals surface area contributed by atoms with E-state index in [1.807, 2.05) is 6.07 Å². The Morgan fingerprint density at radius 3 is 3.18 bits per heavy atom. The zero-order valence-electron chi connectivity index (χ0n) is 8.96. The lowest BCUT2D eigenvalue weighted by molar-refractivity contribution is 0.259. The summed E-state index contributed by atoms with van der Waals surface area (Å²) in [4.78, 5) is 12.2. The maximum atomic E-state index is 5.58. The predicted octanol–water partition coefficient (Wildman–Crippen LogP) is 1.49. The summed E-state index contributed by atoms with van der Waals surface area (Å²) in [5.41, 5.74) is 6.45.